The van der Waals surface area contributed by atoms with Crippen LogP contribution in [0.3, 0.4) is 0 Å². The molecule has 0 aliphatic carbocycles. The number of nitrogens with zero attached hydrogens (tertiary/aromatic N) is 4. The molecule has 1 fully saturated rings. The summed E-state index contributed by atoms with van der Waals surface area (Å²) in [4.78, 5) is 44.4. The number of carboxylic acids is 2. The summed E-state index contributed by atoms with van der Waals surface area (Å²) in [6, 6.07) is 19.9. The highest BCUT2D eigenvalue weighted by molar-refractivity contribution is 7.52. The molecule has 16 nitrogen and oxygen atoms in total. The van der Waals surface area contributed by atoms with Crippen molar-refractivity contribution in [3.05, 3.63) is 89.9 Å². The molecular formula is C45H59N6O10P. The Balaban J connectivity index is 1.64. The lowest BCUT2D eigenvalue weighted by Gasteiger charge is -2.42. The summed E-state index contributed by atoms with van der Waals surface area (Å²) in [5, 5.41) is 39.9. The Kier molecular flexibility index (Phi) is 14.3. The van der Waals surface area contributed by atoms with Gasteiger partial charge in [0.1, 0.15) is 29.7 Å². The third kappa shape index (κ3) is 9.81. The largest absolute Gasteiger partial charge is 0.481 e. The van der Waals surface area contributed by atoms with E-state index in [1.54, 1.807) is 42.5 Å². The van der Waals surface area contributed by atoms with Crippen LogP contribution in [0, 0.1) is 39.9 Å². The van der Waals surface area contributed by atoms with E-state index in [-0.39, 0.29) is 41.6 Å². The number of esters is 1. The van der Waals surface area contributed by atoms with Gasteiger partial charge < -0.3 is 29.9 Å². The molecule has 17 heteroatoms. The number of nitrogens with one attached hydrogen (secondary N) is 1. The predicted molar refractivity (Wildman–Crippen MR) is 231 cm³/mol. The fourth-order valence-electron chi connectivity index (χ4n) is 8.17. The summed E-state index contributed by atoms with van der Waals surface area (Å²) in [5.41, 5.74) is 2.15. The van der Waals surface area contributed by atoms with Crippen molar-refractivity contribution in [3.8, 4) is 11.8 Å². The molecule has 0 saturated carbocycles. The average Bonchev–Trinajstić information content (AvgIpc) is 3.82. The van der Waals surface area contributed by atoms with Crippen molar-refractivity contribution in [2.45, 2.75) is 105 Å². The number of carbonyl (C=O) groups is 3. The lowest BCUT2D eigenvalue weighted by atomic mass is 9.57. The number of aromatic nitrogens is 3. The molecule has 4 aromatic rings. The van der Waals surface area contributed by atoms with Gasteiger partial charge in [-0.25, -0.2) is 14.1 Å². The number of anilines is 1. The summed E-state index contributed by atoms with van der Waals surface area (Å²) < 4.78 is 41.7. The van der Waals surface area contributed by atoms with Gasteiger partial charge in [-0.1, -0.05) is 89.9 Å². The quantitative estimate of drug-likeness (QED) is 0.0525. The Morgan fingerprint density at radius 3 is 2.16 bits per heavy atom. The van der Waals surface area contributed by atoms with Gasteiger partial charge in [0.05, 0.1) is 35.8 Å². The van der Waals surface area contributed by atoms with Crippen LogP contribution in [0.2, 0.25) is 0 Å². The number of carboxylic acid groups (broad SMARTS) is 2. The molecule has 334 valence electrons. The molecule has 3 heterocycles. The first-order chi connectivity index (χ1) is 29.0. The number of hydrogen-bond donors (Lipinski definition) is 4. The Bertz CT molecular complexity index is 2320. The second-order valence-electron chi connectivity index (χ2n) is 18.1. The van der Waals surface area contributed by atoms with E-state index in [4.69, 9.17) is 24.3 Å². The van der Waals surface area contributed by atoms with Gasteiger partial charge in [-0.05, 0) is 80.8 Å². The molecule has 0 radical (unpaired) electrons. The molecule has 2 aromatic carbocycles. The van der Waals surface area contributed by atoms with Crippen molar-refractivity contribution < 1.29 is 47.7 Å². The molecule has 1 unspecified atom stereocenters. The van der Waals surface area contributed by atoms with E-state index in [0.717, 1.165) is 30.3 Å². The van der Waals surface area contributed by atoms with E-state index < -0.39 is 72.7 Å². The topological polar surface area (TPSA) is 238 Å². The molecule has 1 aliphatic rings. The molecule has 5 rings (SSSR count). The molecule has 62 heavy (non-hydrogen) atoms. The van der Waals surface area contributed by atoms with Gasteiger partial charge in [0.15, 0.2) is 5.82 Å². The van der Waals surface area contributed by atoms with Gasteiger partial charge >= 0.3 is 25.7 Å². The van der Waals surface area contributed by atoms with Crippen LogP contribution in [0.25, 0.3) is 5.52 Å². The van der Waals surface area contributed by atoms with Crippen molar-refractivity contribution in [2.24, 2.45) is 28.6 Å². The first-order valence-electron chi connectivity index (χ1n) is 20.7. The average molecular weight is 875 g/mol. The van der Waals surface area contributed by atoms with Crippen molar-refractivity contribution in [2.75, 3.05) is 18.9 Å². The second-order valence-corrected chi connectivity index (χ2v) is 19.8. The van der Waals surface area contributed by atoms with Gasteiger partial charge in [-0.2, -0.15) is 15.4 Å². The zero-order valence-corrected chi connectivity index (χ0v) is 37.7. The Morgan fingerprint density at radius 1 is 0.968 bits per heavy atom. The maximum absolute atomic E-state index is 15.4. The highest BCUT2D eigenvalue weighted by Gasteiger charge is 2.68. The lowest BCUT2D eigenvalue weighted by molar-refractivity contribution is -0.161. The number of nitrogen functional groups attached to an aromatic ring is 1. The smallest absolute Gasteiger partial charge is 0.459 e. The van der Waals surface area contributed by atoms with Gasteiger partial charge in [0.25, 0.3) is 0 Å². The molecule has 0 bridgehead atoms. The van der Waals surface area contributed by atoms with Crippen LogP contribution in [0.1, 0.15) is 92.0 Å². The first kappa shape index (κ1) is 47.7. The fraction of sp³-hybridized carbons (Fsp3) is 0.511. The second kappa shape index (κ2) is 18.6. The summed E-state index contributed by atoms with van der Waals surface area (Å²) >= 11 is 0. The standard InChI is InChI=1S/C45H59N6O10P/c1-10-28(11-2)24-58-39(52)32(23-29-15-13-12-14-16-29)50-62(57,61-31-19-17-30(18-20-31)42(3,4)5)59-25-34-36(43(6,7)40(53)54)37(44(8,9)41(55)56)45(26-46,60-34)35-22-21-33-38(47)48-27-49-51(33)35/h12-22,27-28,32,34,36-37H,10-11,23-25H2,1-9H3,(H,50,57)(H,53,54)(H,55,56)(H2,47,48,49)/t32-,34-,36+,37+,45-,62?/m0/s1. The van der Waals surface area contributed by atoms with Crippen LogP contribution in [0.5, 0.6) is 5.75 Å². The Morgan fingerprint density at radius 2 is 1.60 bits per heavy atom. The minimum absolute atomic E-state index is 0.0234. The molecule has 5 N–H and O–H groups in total. The molecular weight excluding hydrogens is 816 g/mol. The summed E-state index contributed by atoms with van der Waals surface area (Å²) in [6.07, 6.45) is 1.31. The normalized spacial score (nSPS) is 21.0. The van der Waals surface area contributed by atoms with E-state index in [2.05, 4.69) is 21.2 Å². The number of nitriles is 1. The van der Waals surface area contributed by atoms with Crippen molar-refractivity contribution in [1.82, 2.24) is 19.7 Å². The Hall–Kier alpha value is -5.33. The molecule has 2 aromatic heterocycles. The zero-order valence-electron chi connectivity index (χ0n) is 36.8. The maximum Gasteiger partial charge on any atom is 0.459 e. The minimum Gasteiger partial charge on any atom is -0.481 e. The number of carbonyl (C=O) groups excluding carboxylic acids is 1. The van der Waals surface area contributed by atoms with Crippen molar-refractivity contribution >= 4 is 37.0 Å². The zero-order chi connectivity index (χ0) is 45.8. The molecule has 0 spiro atoms. The number of hydrogen-bond acceptors (Lipinski definition) is 12. The van der Waals surface area contributed by atoms with Crippen LogP contribution in [-0.2, 0) is 50.4 Å². The Labute approximate surface area is 362 Å². The summed E-state index contributed by atoms with van der Waals surface area (Å²) in [7, 11) is -4.72. The van der Waals surface area contributed by atoms with E-state index in [9.17, 15) is 29.9 Å². The lowest BCUT2D eigenvalue weighted by Crippen LogP contribution is -2.52. The third-order valence-electron chi connectivity index (χ3n) is 12.1. The molecule has 6 atom stereocenters. The van der Waals surface area contributed by atoms with E-state index in [0.29, 0.717) is 5.52 Å². The van der Waals surface area contributed by atoms with Gasteiger partial charge in [-0.3, -0.25) is 18.9 Å². The van der Waals surface area contributed by atoms with Crippen molar-refractivity contribution in [3.63, 3.8) is 0 Å². The van der Waals surface area contributed by atoms with Crippen LogP contribution < -0.4 is 15.3 Å². The molecule has 0 amide bonds. The number of nitrogens with two attached hydrogens (primary N) is 1. The third-order valence-corrected chi connectivity index (χ3v) is 13.7. The number of rotatable bonds is 19. The predicted octanol–water partition coefficient (Wildman–Crippen LogP) is 7.56. The van der Waals surface area contributed by atoms with Crippen LogP contribution in [0.15, 0.2) is 73.1 Å². The first-order valence-corrected chi connectivity index (χ1v) is 22.3. The van der Waals surface area contributed by atoms with E-state index in [1.807, 2.05) is 52.8 Å². The molecule has 1 aliphatic heterocycles. The van der Waals surface area contributed by atoms with Gasteiger partial charge in [0.2, 0.25) is 5.60 Å². The molecule has 1 saturated heterocycles. The number of aliphatic carboxylic acids is 2. The summed E-state index contributed by atoms with van der Waals surface area (Å²) in [5.74, 6) is -5.78. The van der Waals surface area contributed by atoms with Crippen molar-refractivity contribution in [1.29, 1.82) is 5.26 Å². The number of benzene rings is 2. The maximum atomic E-state index is 15.4. The highest BCUT2D eigenvalue weighted by atomic mass is 31.2. The summed E-state index contributed by atoms with van der Waals surface area (Å²) in [6.45, 7) is 15.1. The fourth-order valence-corrected chi connectivity index (χ4v) is 9.68. The highest BCUT2D eigenvalue weighted by Crippen LogP contribution is 2.60. The SMILES string of the molecule is CCC(CC)COC(=O)[C@H](Cc1ccccc1)NP(=O)(OC[C@@H]1O[C@@](C#N)(c2ccc3c(N)ncnn23)[C@@H](C(C)(C)C(=O)O)[C@@H]1C(C)(C)C(=O)O)Oc1ccc(C(C)(C)C)cc1. The number of fused-ring (bicyclic) bond motifs is 1. The van der Waals surface area contributed by atoms with Crippen LogP contribution in [-0.4, -0.2) is 68.1 Å². The van der Waals surface area contributed by atoms with Gasteiger partial charge in [-0.15, -0.1) is 0 Å². The van der Waals surface area contributed by atoms with Gasteiger partial charge in [0, 0.05) is 11.8 Å². The monoisotopic (exact) mass is 874 g/mol. The van der Waals surface area contributed by atoms with Crippen LogP contribution >= 0.6 is 7.75 Å². The number of ether oxygens (including phenoxy) is 2. The van der Waals surface area contributed by atoms with E-state index >= 15 is 4.57 Å². The van der Waals surface area contributed by atoms with Crippen LogP contribution in [0.4, 0.5) is 5.82 Å². The van der Waals surface area contributed by atoms with E-state index in [1.165, 1.54) is 38.3 Å². The minimum atomic E-state index is -4.72.